The fourth-order valence-corrected chi connectivity index (χ4v) is 2.52. The summed E-state index contributed by atoms with van der Waals surface area (Å²) < 4.78 is 0. The summed E-state index contributed by atoms with van der Waals surface area (Å²) in [5.74, 6) is 0. The second-order valence-corrected chi connectivity index (χ2v) is 5.06. The average molecular weight is 229 g/mol. The quantitative estimate of drug-likeness (QED) is 0.822. The molecule has 0 heterocycles. The third-order valence-corrected chi connectivity index (χ3v) is 3.48. The molecule has 1 N–H and O–H groups in total. The molecule has 1 atom stereocenters. The lowest BCUT2D eigenvalue weighted by molar-refractivity contribution is 0.362. The maximum Gasteiger partial charge on any atom is 0.0227 e. The van der Waals surface area contributed by atoms with E-state index in [0.717, 1.165) is 6.04 Å². The van der Waals surface area contributed by atoms with Crippen molar-refractivity contribution < 1.29 is 0 Å². The number of hydrogen-bond acceptors (Lipinski definition) is 1. The average Bonchev–Trinajstić information content (AvgIpc) is 2.39. The van der Waals surface area contributed by atoms with Crippen LogP contribution >= 0.6 is 0 Å². The topological polar surface area (TPSA) is 12.0 Å². The Morgan fingerprint density at radius 3 is 2.53 bits per heavy atom. The molecule has 0 amide bonds. The van der Waals surface area contributed by atoms with Gasteiger partial charge in [0.25, 0.3) is 0 Å². The third kappa shape index (κ3) is 4.35. The van der Waals surface area contributed by atoms with Crippen molar-refractivity contribution in [3.05, 3.63) is 42.0 Å². The van der Waals surface area contributed by atoms with Gasteiger partial charge in [-0.2, -0.15) is 0 Å². The SMILES string of the molecule is CC(/C=C/c1ccccc1)NC1CCCCC1. The van der Waals surface area contributed by atoms with Crippen LogP contribution in [0.3, 0.4) is 0 Å². The lowest BCUT2D eigenvalue weighted by Gasteiger charge is -2.25. The minimum absolute atomic E-state index is 0.471. The molecular formula is C16H23N. The Labute approximate surface area is 105 Å². The smallest absolute Gasteiger partial charge is 0.0227 e. The highest BCUT2D eigenvalue weighted by molar-refractivity contribution is 5.49. The van der Waals surface area contributed by atoms with Gasteiger partial charge in [0, 0.05) is 12.1 Å². The molecule has 1 aromatic carbocycles. The van der Waals surface area contributed by atoms with Crippen LogP contribution in [0, 0.1) is 0 Å². The van der Waals surface area contributed by atoms with Crippen LogP contribution in [0.2, 0.25) is 0 Å². The number of benzene rings is 1. The van der Waals surface area contributed by atoms with Gasteiger partial charge in [0.05, 0.1) is 0 Å². The van der Waals surface area contributed by atoms with Gasteiger partial charge in [-0.25, -0.2) is 0 Å². The summed E-state index contributed by atoms with van der Waals surface area (Å²) in [5, 5.41) is 3.70. The molecule has 92 valence electrons. The van der Waals surface area contributed by atoms with Gasteiger partial charge in [0.15, 0.2) is 0 Å². The van der Waals surface area contributed by atoms with E-state index in [4.69, 9.17) is 0 Å². The van der Waals surface area contributed by atoms with Crippen molar-refractivity contribution in [2.45, 2.75) is 51.1 Å². The molecule has 0 spiro atoms. The van der Waals surface area contributed by atoms with E-state index in [0.29, 0.717) is 6.04 Å². The van der Waals surface area contributed by atoms with Gasteiger partial charge in [-0.15, -0.1) is 0 Å². The highest BCUT2D eigenvalue weighted by atomic mass is 14.9. The van der Waals surface area contributed by atoms with Crippen molar-refractivity contribution in [2.24, 2.45) is 0 Å². The second-order valence-electron chi connectivity index (χ2n) is 5.06. The number of hydrogen-bond donors (Lipinski definition) is 1. The molecule has 0 radical (unpaired) electrons. The monoisotopic (exact) mass is 229 g/mol. The molecule has 2 rings (SSSR count). The summed E-state index contributed by atoms with van der Waals surface area (Å²) >= 11 is 0. The van der Waals surface area contributed by atoms with Gasteiger partial charge in [0.1, 0.15) is 0 Å². The Hall–Kier alpha value is -1.08. The van der Waals surface area contributed by atoms with Crippen LogP contribution < -0.4 is 5.32 Å². The van der Waals surface area contributed by atoms with Crippen molar-refractivity contribution in [1.29, 1.82) is 0 Å². The fraction of sp³-hybridized carbons (Fsp3) is 0.500. The van der Waals surface area contributed by atoms with Gasteiger partial charge < -0.3 is 5.32 Å². The van der Waals surface area contributed by atoms with Gasteiger partial charge in [-0.05, 0) is 25.3 Å². The second kappa shape index (κ2) is 6.61. The fourth-order valence-electron chi connectivity index (χ4n) is 2.52. The minimum Gasteiger partial charge on any atom is -0.308 e. The van der Waals surface area contributed by atoms with Crippen LogP contribution in [0.15, 0.2) is 36.4 Å². The third-order valence-electron chi connectivity index (χ3n) is 3.48. The van der Waals surface area contributed by atoms with Gasteiger partial charge in [-0.1, -0.05) is 61.7 Å². The van der Waals surface area contributed by atoms with E-state index in [1.807, 2.05) is 0 Å². The maximum absolute atomic E-state index is 3.70. The van der Waals surface area contributed by atoms with Crippen molar-refractivity contribution >= 4 is 6.08 Å². The lowest BCUT2D eigenvalue weighted by atomic mass is 9.95. The van der Waals surface area contributed by atoms with E-state index >= 15 is 0 Å². The first-order chi connectivity index (χ1) is 8.34. The van der Waals surface area contributed by atoms with Crippen molar-refractivity contribution in [1.82, 2.24) is 5.32 Å². The zero-order valence-electron chi connectivity index (χ0n) is 10.7. The van der Waals surface area contributed by atoms with Crippen molar-refractivity contribution in [2.75, 3.05) is 0 Å². The summed E-state index contributed by atoms with van der Waals surface area (Å²) in [5.41, 5.74) is 1.28. The van der Waals surface area contributed by atoms with Gasteiger partial charge in [0.2, 0.25) is 0 Å². The van der Waals surface area contributed by atoms with E-state index in [1.54, 1.807) is 0 Å². The molecule has 1 saturated carbocycles. The molecule has 1 heteroatoms. The lowest BCUT2D eigenvalue weighted by Crippen LogP contribution is -2.36. The summed E-state index contributed by atoms with van der Waals surface area (Å²) in [6.45, 7) is 2.24. The molecule has 1 nitrogen and oxygen atoms in total. The molecular weight excluding hydrogens is 206 g/mol. The summed E-state index contributed by atoms with van der Waals surface area (Å²) in [6.07, 6.45) is 11.4. The summed E-state index contributed by atoms with van der Waals surface area (Å²) in [4.78, 5) is 0. The first kappa shape index (κ1) is 12.4. The van der Waals surface area contributed by atoms with E-state index in [2.05, 4.69) is 54.7 Å². The Morgan fingerprint density at radius 1 is 1.12 bits per heavy atom. The zero-order valence-corrected chi connectivity index (χ0v) is 10.7. The predicted molar refractivity (Wildman–Crippen MR) is 74.9 cm³/mol. The summed E-state index contributed by atoms with van der Waals surface area (Å²) in [7, 11) is 0. The predicted octanol–water partition coefficient (Wildman–Crippen LogP) is 4.01. The van der Waals surface area contributed by atoms with Crippen LogP contribution in [0.25, 0.3) is 6.08 Å². The number of nitrogens with one attached hydrogen (secondary N) is 1. The Morgan fingerprint density at radius 2 is 1.82 bits per heavy atom. The van der Waals surface area contributed by atoms with Crippen LogP contribution in [0.1, 0.15) is 44.6 Å². The first-order valence-electron chi connectivity index (χ1n) is 6.84. The molecule has 0 aromatic heterocycles. The molecule has 0 saturated heterocycles. The highest BCUT2D eigenvalue weighted by Gasteiger charge is 2.13. The Kier molecular flexibility index (Phi) is 4.81. The molecule has 1 aliphatic rings. The molecule has 0 aliphatic heterocycles. The molecule has 1 fully saturated rings. The Balaban J connectivity index is 1.80. The summed E-state index contributed by atoms with van der Waals surface area (Å²) in [6, 6.07) is 11.7. The van der Waals surface area contributed by atoms with Crippen LogP contribution in [-0.4, -0.2) is 12.1 Å². The van der Waals surface area contributed by atoms with E-state index in [-0.39, 0.29) is 0 Å². The van der Waals surface area contributed by atoms with Gasteiger partial charge in [-0.3, -0.25) is 0 Å². The minimum atomic E-state index is 0.471. The molecule has 1 aliphatic carbocycles. The maximum atomic E-state index is 3.70. The van der Waals surface area contributed by atoms with Crippen LogP contribution in [-0.2, 0) is 0 Å². The highest BCUT2D eigenvalue weighted by Crippen LogP contribution is 2.18. The Bertz CT molecular complexity index is 336. The number of rotatable bonds is 4. The molecule has 1 unspecified atom stereocenters. The van der Waals surface area contributed by atoms with Crippen LogP contribution in [0.5, 0.6) is 0 Å². The van der Waals surface area contributed by atoms with Crippen molar-refractivity contribution in [3.63, 3.8) is 0 Å². The first-order valence-corrected chi connectivity index (χ1v) is 6.84. The standard InChI is InChI=1S/C16H23N/c1-14(17-16-10-6-3-7-11-16)12-13-15-8-4-2-5-9-15/h2,4-5,8-9,12-14,16-17H,3,6-7,10-11H2,1H3/b13-12+. The largest absolute Gasteiger partial charge is 0.308 e. The normalized spacial score (nSPS) is 19.6. The molecule has 0 bridgehead atoms. The van der Waals surface area contributed by atoms with Crippen LogP contribution in [0.4, 0.5) is 0 Å². The van der Waals surface area contributed by atoms with E-state index < -0.39 is 0 Å². The zero-order chi connectivity index (χ0) is 11.9. The van der Waals surface area contributed by atoms with Crippen molar-refractivity contribution in [3.8, 4) is 0 Å². The van der Waals surface area contributed by atoms with E-state index in [9.17, 15) is 0 Å². The molecule has 1 aromatic rings. The van der Waals surface area contributed by atoms with E-state index in [1.165, 1.54) is 37.7 Å². The van der Waals surface area contributed by atoms with Gasteiger partial charge >= 0.3 is 0 Å². The molecule has 17 heavy (non-hydrogen) atoms.